The molecule has 0 bridgehead atoms. The first-order valence-corrected chi connectivity index (χ1v) is 6.60. The summed E-state index contributed by atoms with van der Waals surface area (Å²) >= 11 is 0. The lowest BCUT2D eigenvalue weighted by molar-refractivity contribution is -0.121. The van der Waals surface area contributed by atoms with Crippen LogP contribution in [0.4, 0.5) is 0 Å². The van der Waals surface area contributed by atoms with E-state index in [2.05, 4.69) is 12.2 Å². The molecular formula is C15H23NO2. The Bertz CT molecular complexity index is 377. The van der Waals surface area contributed by atoms with Gasteiger partial charge in [-0.05, 0) is 44.4 Å². The van der Waals surface area contributed by atoms with Gasteiger partial charge in [0.15, 0.2) is 0 Å². The van der Waals surface area contributed by atoms with Gasteiger partial charge < -0.3 is 10.1 Å². The van der Waals surface area contributed by atoms with Crippen molar-refractivity contribution < 1.29 is 9.53 Å². The van der Waals surface area contributed by atoms with Crippen LogP contribution in [0.15, 0.2) is 24.3 Å². The van der Waals surface area contributed by atoms with E-state index >= 15 is 0 Å². The van der Waals surface area contributed by atoms with Gasteiger partial charge in [-0.1, -0.05) is 19.1 Å². The summed E-state index contributed by atoms with van der Waals surface area (Å²) in [7, 11) is 0. The summed E-state index contributed by atoms with van der Waals surface area (Å²) in [5.74, 6) is 0.981. The second-order valence-corrected chi connectivity index (χ2v) is 4.65. The molecule has 0 saturated carbocycles. The normalized spacial score (nSPS) is 11.9. The number of nitrogens with one attached hydrogen (secondary N) is 1. The Morgan fingerprint density at radius 2 is 2.22 bits per heavy atom. The number of rotatable bonds is 7. The third kappa shape index (κ3) is 5.71. The average molecular weight is 249 g/mol. The minimum absolute atomic E-state index is 0.109. The Morgan fingerprint density at radius 1 is 1.44 bits per heavy atom. The van der Waals surface area contributed by atoms with Crippen molar-refractivity contribution in [3.05, 3.63) is 29.8 Å². The standard InChI is InChI=1S/C15H23NO2/c1-4-13(3)16-15(17)9-6-10-18-14-8-5-7-12(2)11-14/h5,7-8,11,13H,4,6,9-10H2,1-3H3,(H,16,17). The maximum atomic E-state index is 11.5. The molecule has 0 aliphatic carbocycles. The number of amides is 1. The first-order chi connectivity index (χ1) is 8.61. The van der Waals surface area contributed by atoms with E-state index in [1.165, 1.54) is 5.56 Å². The fourth-order valence-corrected chi connectivity index (χ4v) is 1.58. The Hall–Kier alpha value is -1.51. The highest BCUT2D eigenvalue weighted by Crippen LogP contribution is 2.12. The highest BCUT2D eigenvalue weighted by atomic mass is 16.5. The molecule has 3 heteroatoms. The van der Waals surface area contributed by atoms with E-state index in [1.54, 1.807) is 0 Å². The van der Waals surface area contributed by atoms with E-state index in [0.29, 0.717) is 13.0 Å². The van der Waals surface area contributed by atoms with E-state index in [4.69, 9.17) is 4.74 Å². The summed E-state index contributed by atoms with van der Waals surface area (Å²) in [6.07, 6.45) is 2.23. The van der Waals surface area contributed by atoms with Crippen LogP contribution in [0.25, 0.3) is 0 Å². The smallest absolute Gasteiger partial charge is 0.220 e. The molecule has 1 amide bonds. The lowest BCUT2D eigenvalue weighted by Crippen LogP contribution is -2.31. The molecule has 1 unspecified atom stereocenters. The zero-order valence-electron chi connectivity index (χ0n) is 11.5. The van der Waals surface area contributed by atoms with Crippen LogP contribution in [0.5, 0.6) is 5.75 Å². The molecule has 1 aromatic carbocycles. The van der Waals surface area contributed by atoms with Gasteiger partial charge in [0.2, 0.25) is 5.91 Å². The van der Waals surface area contributed by atoms with Gasteiger partial charge in [-0.15, -0.1) is 0 Å². The van der Waals surface area contributed by atoms with Crippen LogP contribution in [0, 0.1) is 6.92 Å². The second kappa shape index (κ2) is 7.75. The maximum Gasteiger partial charge on any atom is 0.220 e. The minimum atomic E-state index is 0.109. The van der Waals surface area contributed by atoms with E-state index < -0.39 is 0 Å². The summed E-state index contributed by atoms with van der Waals surface area (Å²) in [6.45, 7) is 6.69. The number of carbonyl (C=O) groups excluding carboxylic acids is 1. The monoisotopic (exact) mass is 249 g/mol. The van der Waals surface area contributed by atoms with Crippen molar-refractivity contribution in [1.29, 1.82) is 0 Å². The zero-order valence-corrected chi connectivity index (χ0v) is 11.5. The van der Waals surface area contributed by atoms with Crippen LogP contribution < -0.4 is 10.1 Å². The van der Waals surface area contributed by atoms with Crippen molar-refractivity contribution in [2.24, 2.45) is 0 Å². The molecule has 0 aliphatic heterocycles. The van der Waals surface area contributed by atoms with Crippen LogP contribution in [0.1, 0.15) is 38.7 Å². The highest BCUT2D eigenvalue weighted by molar-refractivity contribution is 5.76. The summed E-state index contributed by atoms with van der Waals surface area (Å²) in [6, 6.07) is 8.20. The van der Waals surface area contributed by atoms with Gasteiger partial charge in [-0.3, -0.25) is 4.79 Å². The van der Waals surface area contributed by atoms with Crippen LogP contribution >= 0.6 is 0 Å². The second-order valence-electron chi connectivity index (χ2n) is 4.65. The Balaban J connectivity index is 2.17. The van der Waals surface area contributed by atoms with Gasteiger partial charge in [-0.25, -0.2) is 0 Å². The quantitative estimate of drug-likeness (QED) is 0.754. The fourth-order valence-electron chi connectivity index (χ4n) is 1.58. The van der Waals surface area contributed by atoms with Crippen molar-refractivity contribution in [1.82, 2.24) is 5.32 Å². The summed E-state index contributed by atoms with van der Waals surface area (Å²) < 4.78 is 5.59. The lowest BCUT2D eigenvalue weighted by Gasteiger charge is -2.11. The van der Waals surface area contributed by atoms with Crippen LogP contribution in [-0.4, -0.2) is 18.6 Å². The van der Waals surface area contributed by atoms with Gasteiger partial charge in [0.05, 0.1) is 6.61 Å². The largest absolute Gasteiger partial charge is 0.494 e. The molecule has 1 rings (SSSR count). The van der Waals surface area contributed by atoms with Crippen molar-refractivity contribution in [2.45, 2.75) is 46.1 Å². The van der Waals surface area contributed by atoms with E-state index in [1.807, 2.05) is 38.1 Å². The first kappa shape index (κ1) is 14.6. The molecule has 0 heterocycles. The molecule has 0 spiro atoms. The molecule has 100 valence electrons. The number of benzene rings is 1. The molecule has 0 fully saturated rings. The van der Waals surface area contributed by atoms with E-state index in [9.17, 15) is 4.79 Å². The Morgan fingerprint density at radius 3 is 2.89 bits per heavy atom. The van der Waals surface area contributed by atoms with Gasteiger partial charge in [0.1, 0.15) is 5.75 Å². The molecule has 0 aliphatic rings. The van der Waals surface area contributed by atoms with Gasteiger partial charge in [-0.2, -0.15) is 0 Å². The first-order valence-electron chi connectivity index (χ1n) is 6.60. The highest BCUT2D eigenvalue weighted by Gasteiger charge is 2.04. The predicted octanol–water partition coefficient (Wildman–Crippen LogP) is 3.07. The Kier molecular flexibility index (Phi) is 6.26. The SMILES string of the molecule is CCC(C)NC(=O)CCCOc1cccc(C)c1. The van der Waals surface area contributed by atoms with E-state index in [0.717, 1.165) is 18.6 Å². The summed E-state index contributed by atoms with van der Waals surface area (Å²) in [5, 5.41) is 2.94. The minimum Gasteiger partial charge on any atom is -0.494 e. The van der Waals surface area contributed by atoms with Crippen LogP contribution in [-0.2, 0) is 4.79 Å². The number of aryl methyl sites for hydroxylation is 1. The van der Waals surface area contributed by atoms with Crippen molar-refractivity contribution in [3.63, 3.8) is 0 Å². The average Bonchev–Trinajstić information content (AvgIpc) is 2.34. The van der Waals surface area contributed by atoms with Crippen molar-refractivity contribution >= 4 is 5.91 Å². The zero-order chi connectivity index (χ0) is 13.4. The topological polar surface area (TPSA) is 38.3 Å². The van der Waals surface area contributed by atoms with Gasteiger partial charge >= 0.3 is 0 Å². The summed E-state index contributed by atoms with van der Waals surface area (Å²) in [5.41, 5.74) is 1.18. The molecule has 3 nitrogen and oxygen atoms in total. The third-order valence-electron chi connectivity index (χ3n) is 2.83. The van der Waals surface area contributed by atoms with Crippen molar-refractivity contribution in [2.75, 3.05) is 6.61 Å². The molecule has 1 atom stereocenters. The van der Waals surface area contributed by atoms with Gasteiger partial charge in [0.25, 0.3) is 0 Å². The molecule has 0 aromatic heterocycles. The Labute approximate surface area is 110 Å². The van der Waals surface area contributed by atoms with E-state index in [-0.39, 0.29) is 11.9 Å². The lowest BCUT2D eigenvalue weighted by atomic mass is 10.2. The molecular weight excluding hydrogens is 226 g/mol. The van der Waals surface area contributed by atoms with Gasteiger partial charge in [0, 0.05) is 12.5 Å². The van der Waals surface area contributed by atoms with Crippen molar-refractivity contribution in [3.8, 4) is 5.75 Å². The molecule has 1 aromatic rings. The molecule has 1 N–H and O–H groups in total. The number of hydrogen-bond acceptors (Lipinski definition) is 2. The van der Waals surface area contributed by atoms with Crippen LogP contribution in [0.3, 0.4) is 0 Å². The number of hydrogen-bond donors (Lipinski definition) is 1. The fraction of sp³-hybridized carbons (Fsp3) is 0.533. The number of carbonyl (C=O) groups is 1. The third-order valence-corrected chi connectivity index (χ3v) is 2.83. The maximum absolute atomic E-state index is 11.5. The molecule has 0 radical (unpaired) electrons. The van der Waals surface area contributed by atoms with Crippen LogP contribution in [0.2, 0.25) is 0 Å². The molecule has 18 heavy (non-hydrogen) atoms. The molecule has 0 saturated heterocycles. The summed E-state index contributed by atoms with van der Waals surface area (Å²) in [4.78, 5) is 11.5. The number of ether oxygens (including phenoxy) is 1. The predicted molar refractivity (Wildman–Crippen MR) is 73.8 cm³/mol.